The number of ether oxygens (including phenoxy) is 1. The molecule has 3 aliphatic rings. The third-order valence-electron chi connectivity index (χ3n) is 6.05. The van der Waals surface area contributed by atoms with Gasteiger partial charge in [0, 0.05) is 51.0 Å². The fourth-order valence-electron chi connectivity index (χ4n) is 4.40. The summed E-state index contributed by atoms with van der Waals surface area (Å²) in [6.45, 7) is 8.48. The lowest BCUT2D eigenvalue weighted by molar-refractivity contribution is 0.0117. The van der Waals surface area contributed by atoms with Crippen LogP contribution in [-0.4, -0.2) is 66.8 Å². The van der Waals surface area contributed by atoms with Crippen molar-refractivity contribution in [3.05, 3.63) is 70.8 Å². The molecule has 1 unspecified atom stereocenters. The van der Waals surface area contributed by atoms with Crippen LogP contribution in [0.25, 0.3) is 11.8 Å². The third kappa shape index (κ3) is 4.49. The van der Waals surface area contributed by atoms with Crippen LogP contribution in [0.4, 0.5) is 4.39 Å². The summed E-state index contributed by atoms with van der Waals surface area (Å²) in [6, 6.07) is 10.5. The molecule has 5 rings (SSSR count). The lowest BCUT2D eigenvalue weighted by atomic mass is 10.0. The minimum atomic E-state index is -0.199. The molecular weight excluding hydrogens is 395 g/mol. The van der Waals surface area contributed by atoms with E-state index in [1.54, 1.807) is 6.20 Å². The third-order valence-corrected chi connectivity index (χ3v) is 6.05. The van der Waals surface area contributed by atoms with Gasteiger partial charge in [0.2, 0.25) is 0 Å². The molecule has 4 heterocycles. The first-order valence-corrected chi connectivity index (χ1v) is 10.8. The quantitative estimate of drug-likeness (QED) is 0.800. The molecule has 0 aliphatic carbocycles. The van der Waals surface area contributed by atoms with E-state index in [2.05, 4.69) is 33.3 Å². The van der Waals surface area contributed by atoms with Crippen LogP contribution in [0.5, 0.6) is 5.75 Å². The van der Waals surface area contributed by atoms with Gasteiger partial charge in [0.05, 0.1) is 5.70 Å². The lowest BCUT2D eigenvalue weighted by Crippen LogP contribution is -2.49. The number of pyridine rings is 1. The summed E-state index contributed by atoms with van der Waals surface area (Å²) in [6.07, 6.45) is 3.89. The van der Waals surface area contributed by atoms with E-state index in [9.17, 15) is 4.39 Å². The smallest absolute Gasteiger partial charge is 0.147 e. The first kappa shape index (κ1) is 20.2. The van der Waals surface area contributed by atoms with E-state index in [4.69, 9.17) is 9.57 Å². The zero-order chi connectivity index (χ0) is 21.2. The zero-order valence-electron chi connectivity index (χ0n) is 17.7. The molecule has 0 amide bonds. The summed E-state index contributed by atoms with van der Waals surface area (Å²) < 4.78 is 19.0. The van der Waals surface area contributed by atoms with Gasteiger partial charge in [-0.25, -0.2) is 4.39 Å². The van der Waals surface area contributed by atoms with Crippen LogP contribution < -0.4 is 10.2 Å². The van der Waals surface area contributed by atoms with Crippen molar-refractivity contribution in [1.29, 1.82) is 0 Å². The normalized spacial score (nSPS) is 22.0. The molecule has 1 aromatic carbocycles. The molecule has 1 N–H and O–H groups in total. The second-order valence-electron chi connectivity index (χ2n) is 8.37. The fraction of sp³-hybridized carbons (Fsp3) is 0.375. The van der Waals surface area contributed by atoms with Gasteiger partial charge in [0.25, 0.3) is 0 Å². The van der Waals surface area contributed by atoms with Crippen LogP contribution in [0.1, 0.15) is 18.2 Å². The van der Waals surface area contributed by atoms with Crippen LogP contribution >= 0.6 is 0 Å². The van der Waals surface area contributed by atoms with Crippen LogP contribution in [0, 0.1) is 5.82 Å². The molecule has 1 fully saturated rings. The molecule has 0 bridgehead atoms. The topological polar surface area (TPSA) is 49.9 Å². The Bertz CT molecular complexity index is 997. The maximum atomic E-state index is 13.1. The van der Waals surface area contributed by atoms with Crippen molar-refractivity contribution < 1.29 is 14.0 Å². The molecule has 0 radical (unpaired) electrons. The summed E-state index contributed by atoms with van der Waals surface area (Å²) in [4.78, 5) is 15.3. The summed E-state index contributed by atoms with van der Waals surface area (Å²) in [7, 11) is 0. The van der Waals surface area contributed by atoms with Crippen LogP contribution in [0.15, 0.2) is 53.7 Å². The highest BCUT2D eigenvalue weighted by Crippen LogP contribution is 2.34. The molecule has 0 saturated carbocycles. The Morgan fingerprint density at radius 2 is 1.94 bits per heavy atom. The van der Waals surface area contributed by atoms with Crippen LogP contribution in [-0.2, 0) is 4.84 Å². The van der Waals surface area contributed by atoms with Gasteiger partial charge in [0.15, 0.2) is 0 Å². The number of hydrogen-bond acceptors (Lipinski definition) is 6. The van der Waals surface area contributed by atoms with Gasteiger partial charge in [-0.15, -0.1) is 0 Å². The van der Waals surface area contributed by atoms with Gasteiger partial charge in [-0.3, -0.25) is 25.1 Å². The monoisotopic (exact) mass is 422 g/mol. The molecule has 1 aromatic heterocycles. The average Bonchev–Trinajstić information content (AvgIpc) is 3.20. The Kier molecular flexibility index (Phi) is 5.72. The average molecular weight is 423 g/mol. The van der Waals surface area contributed by atoms with E-state index in [-0.39, 0.29) is 11.9 Å². The van der Waals surface area contributed by atoms with E-state index < -0.39 is 0 Å². The van der Waals surface area contributed by atoms with Gasteiger partial charge in [-0.1, -0.05) is 23.8 Å². The van der Waals surface area contributed by atoms with Crippen molar-refractivity contribution in [2.24, 2.45) is 0 Å². The molecule has 31 heavy (non-hydrogen) atoms. The molecule has 2 aromatic rings. The Morgan fingerprint density at radius 1 is 1.16 bits per heavy atom. The molecule has 1 saturated heterocycles. The van der Waals surface area contributed by atoms with Crippen molar-refractivity contribution in [3.8, 4) is 5.75 Å². The first-order chi connectivity index (χ1) is 15.2. The lowest BCUT2D eigenvalue weighted by Gasteiger charge is -2.36. The number of hydrogen-bond donors (Lipinski definition) is 1. The molecule has 7 heteroatoms. The number of piperazine rings is 1. The number of nitrogens with one attached hydrogen (secondary N) is 1. The second-order valence-corrected chi connectivity index (χ2v) is 8.37. The molecular formula is C24H27FN4O2. The maximum absolute atomic E-state index is 13.1. The highest BCUT2D eigenvalue weighted by Gasteiger charge is 2.35. The Balaban J connectivity index is 1.14. The number of hydroxylamine groups is 1. The molecule has 0 spiro atoms. The predicted molar refractivity (Wildman–Crippen MR) is 118 cm³/mol. The van der Waals surface area contributed by atoms with Crippen molar-refractivity contribution in [2.45, 2.75) is 13.0 Å². The van der Waals surface area contributed by atoms with E-state index in [0.29, 0.717) is 6.61 Å². The SMILES string of the molecule is CC(=Cc1ccc(F)cc1)CN1CCN(CC2ONC3=C2COc2cccnc23)CC1. The summed E-state index contributed by atoms with van der Waals surface area (Å²) in [5.41, 5.74) is 8.35. The summed E-state index contributed by atoms with van der Waals surface area (Å²) in [5.74, 6) is 0.603. The minimum absolute atomic E-state index is 0.0168. The van der Waals surface area contributed by atoms with Gasteiger partial charge in [-0.2, -0.15) is 0 Å². The van der Waals surface area contributed by atoms with E-state index in [0.717, 1.165) is 67.5 Å². The number of aromatic nitrogens is 1. The van der Waals surface area contributed by atoms with Crippen LogP contribution in [0.3, 0.4) is 0 Å². The van der Waals surface area contributed by atoms with Crippen molar-refractivity contribution in [2.75, 3.05) is 45.9 Å². The maximum Gasteiger partial charge on any atom is 0.147 e. The molecule has 1 atom stereocenters. The standard InChI is InChI=1S/C24H27FN4O2/c1-17(13-18-4-6-19(25)7-5-18)14-28-9-11-29(12-10-28)15-22-20-16-30-21-3-2-8-26-24(21)23(20)27-31-22/h2-8,13,22,27H,9-12,14-16H2,1H3. The number of halogens is 1. The molecule has 162 valence electrons. The van der Waals surface area contributed by atoms with Crippen LogP contribution in [0.2, 0.25) is 0 Å². The molecule has 6 nitrogen and oxygen atoms in total. The highest BCUT2D eigenvalue weighted by molar-refractivity contribution is 5.72. The van der Waals surface area contributed by atoms with Gasteiger partial charge in [0.1, 0.15) is 30.0 Å². The summed E-state index contributed by atoms with van der Waals surface area (Å²) >= 11 is 0. The van der Waals surface area contributed by atoms with E-state index in [1.165, 1.54) is 17.7 Å². The fourth-order valence-corrected chi connectivity index (χ4v) is 4.40. The number of nitrogens with zero attached hydrogens (tertiary/aromatic N) is 3. The largest absolute Gasteiger partial charge is 0.487 e. The Morgan fingerprint density at radius 3 is 2.74 bits per heavy atom. The first-order valence-electron chi connectivity index (χ1n) is 10.8. The Labute approximate surface area is 181 Å². The van der Waals surface area contributed by atoms with Crippen molar-refractivity contribution in [3.63, 3.8) is 0 Å². The van der Waals surface area contributed by atoms with E-state index in [1.807, 2.05) is 24.3 Å². The number of rotatable bonds is 5. The highest BCUT2D eigenvalue weighted by atomic mass is 19.1. The second kappa shape index (κ2) is 8.78. The van der Waals surface area contributed by atoms with Gasteiger partial charge >= 0.3 is 0 Å². The zero-order valence-corrected chi connectivity index (χ0v) is 17.7. The van der Waals surface area contributed by atoms with Crippen molar-refractivity contribution >= 4 is 11.8 Å². The predicted octanol–water partition coefficient (Wildman–Crippen LogP) is 2.95. The molecule has 3 aliphatic heterocycles. The van der Waals surface area contributed by atoms with Gasteiger partial charge < -0.3 is 4.74 Å². The minimum Gasteiger partial charge on any atom is -0.487 e. The van der Waals surface area contributed by atoms with E-state index >= 15 is 0 Å². The Hall–Kier alpha value is -2.74. The summed E-state index contributed by atoms with van der Waals surface area (Å²) in [5, 5.41) is 0. The number of benzene rings is 1. The number of fused-ring (bicyclic) bond motifs is 2. The van der Waals surface area contributed by atoms with Gasteiger partial charge in [-0.05, 0) is 36.8 Å². The van der Waals surface area contributed by atoms with Crippen molar-refractivity contribution in [1.82, 2.24) is 20.3 Å².